The van der Waals surface area contributed by atoms with E-state index >= 15 is 0 Å². The molecule has 1 N–H and O–H groups in total. The van der Waals surface area contributed by atoms with Gasteiger partial charge in [-0.25, -0.2) is 0 Å². The lowest BCUT2D eigenvalue weighted by Gasteiger charge is -2.26. The normalized spacial score (nSPS) is 28.0. The molecular weight excluding hydrogens is 192 g/mol. The summed E-state index contributed by atoms with van der Waals surface area (Å²) in [5.74, 6) is 0. The fourth-order valence-corrected chi connectivity index (χ4v) is 1.77. The lowest BCUT2D eigenvalue weighted by molar-refractivity contribution is -0.0643. The van der Waals surface area contributed by atoms with Crippen molar-refractivity contribution in [2.24, 2.45) is 0 Å². The van der Waals surface area contributed by atoms with Crippen LogP contribution in [0.3, 0.4) is 0 Å². The van der Waals surface area contributed by atoms with Crippen LogP contribution in [0.25, 0.3) is 0 Å². The summed E-state index contributed by atoms with van der Waals surface area (Å²) in [5, 5.41) is 9.32. The molecule has 0 aromatic heterocycles. The van der Waals surface area contributed by atoms with Gasteiger partial charge in [0.25, 0.3) is 0 Å². The van der Waals surface area contributed by atoms with Crippen LogP contribution in [0.1, 0.15) is 46.5 Å². The smallest absolute Gasteiger partial charge is 0.0707 e. The summed E-state index contributed by atoms with van der Waals surface area (Å²) >= 11 is 0. The van der Waals surface area contributed by atoms with Crippen LogP contribution in [0.2, 0.25) is 0 Å². The predicted molar refractivity (Wildman–Crippen MR) is 59.9 cm³/mol. The largest absolute Gasteiger partial charge is 0.393 e. The first-order valence-electron chi connectivity index (χ1n) is 5.91. The molecule has 1 aliphatic rings. The van der Waals surface area contributed by atoms with E-state index in [1.54, 1.807) is 0 Å². The highest BCUT2D eigenvalue weighted by Gasteiger charge is 2.19. The maximum absolute atomic E-state index is 9.32. The van der Waals surface area contributed by atoms with Gasteiger partial charge < -0.3 is 14.6 Å². The Balaban J connectivity index is 2.01. The third kappa shape index (κ3) is 6.13. The molecule has 1 saturated carbocycles. The van der Waals surface area contributed by atoms with Crippen molar-refractivity contribution in [3.63, 3.8) is 0 Å². The zero-order chi connectivity index (χ0) is 11.3. The molecule has 1 aliphatic carbocycles. The van der Waals surface area contributed by atoms with Crippen LogP contribution in [0.15, 0.2) is 0 Å². The molecule has 0 saturated heterocycles. The van der Waals surface area contributed by atoms with Gasteiger partial charge >= 0.3 is 0 Å². The molecule has 0 amide bonds. The summed E-state index contributed by atoms with van der Waals surface area (Å²) in [6.45, 7) is 7.46. The zero-order valence-corrected chi connectivity index (χ0v) is 10.2. The Morgan fingerprint density at radius 3 is 2.20 bits per heavy atom. The SMILES string of the molecule is CC(C)(C)OCCOC1CCC(O)CC1. The second-order valence-electron chi connectivity index (χ2n) is 5.26. The first-order valence-corrected chi connectivity index (χ1v) is 5.91. The summed E-state index contributed by atoms with van der Waals surface area (Å²) in [6.07, 6.45) is 3.95. The van der Waals surface area contributed by atoms with E-state index in [0.29, 0.717) is 19.3 Å². The number of aliphatic hydroxyl groups is 1. The Morgan fingerprint density at radius 1 is 1.07 bits per heavy atom. The van der Waals surface area contributed by atoms with Crippen molar-refractivity contribution in [2.75, 3.05) is 13.2 Å². The first-order chi connectivity index (χ1) is 6.97. The number of aliphatic hydroxyl groups excluding tert-OH is 1. The van der Waals surface area contributed by atoms with Gasteiger partial charge in [0.1, 0.15) is 0 Å². The quantitative estimate of drug-likeness (QED) is 0.732. The second kappa shape index (κ2) is 5.83. The van der Waals surface area contributed by atoms with Crippen molar-refractivity contribution in [2.45, 2.75) is 64.3 Å². The van der Waals surface area contributed by atoms with E-state index in [9.17, 15) is 5.11 Å². The van der Waals surface area contributed by atoms with E-state index in [0.717, 1.165) is 25.7 Å². The van der Waals surface area contributed by atoms with Crippen LogP contribution in [0.5, 0.6) is 0 Å². The monoisotopic (exact) mass is 216 g/mol. The van der Waals surface area contributed by atoms with E-state index in [4.69, 9.17) is 9.47 Å². The molecule has 1 fully saturated rings. The van der Waals surface area contributed by atoms with Gasteiger partial charge in [0.05, 0.1) is 31.0 Å². The molecule has 0 aromatic rings. The minimum Gasteiger partial charge on any atom is -0.393 e. The molecule has 0 aliphatic heterocycles. The van der Waals surface area contributed by atoms with Gasteiger partial charge in [-0.3, -0.25) is 0 Å². The van der Waals surface area contributed by atoms with E-state index in [1.807, 2.05) is 20.8 Å². The Bertz CT molecular complexity index is 166. The van der Waals surface area contributed by atoms with Gasteiger partial charge in [-0.2, -0.15) is 0 Å². The summed E-state index contributed by atoms with van der Waals surface area (Å²) in [4.78, 5) is 0. The van der Waals surface area contributed by atoms with Crippen LogP contribution in [0, 0.1) is 0 Å². The van der Waals surface area contributed by atoms with E-state index in [1.165, 1.54) is 0 Å². The first kappa shape index (κ1) is 12.9. The molecule has 15 heavy (non-hydrogen) atoms. The fraction of sp³-hybridized carbons (Fsp3) is 1.00. The van der Waals surface area contributed by atoms with Gasteiger partial charge in [-0.15, -0.1) is 0 Å². The molecule has 0 heterocycles. The van der Waals surface area contributed by atoms with Gasteiger partial charge in [-0.1, -0.05) is 0 Å². The molecule has 0 atom stereocenters. The second-order valence-corrected chi connectivity index (χ2v) is 5.26. The molecule has 0 bridgehead atoms. The van der Waals surface area contributed by atoms with Crippen LogP contribution >= 0.6 is 0 Å². The highest BCUT2D eigenvalue weighted by molar-refractivity contribution is 4.71. The lowest BCUT2D eigenvalue weighted by atomic mass is 9.95. The van der Waals surface area contributed by atoms with E-state index in [-0.39, 0.29) is 11.7 Å². The van der Waals surface area contributed by atoms with Crippen LogP contribution in [-0.4, -0.2) is 36.1 Å². The summed E-state index contributed by atoms with van der Waals surface area (Å²) < 4.78 is 11.3. The molecule has 0 aromatic carbocycles. The minimum absolute atomic E-state index is 0.0773. The van der Waals surface area contributed by atoms with Crippen molar-refractivity contribution in [3.05, 3.63) is 0 Å². The number of hydrogen-bond acceptors (Lipinski definition) is 3. The maximum atomic E-state index is 9.32. The maximum Gasteiger partial charge on any atom is 0.0707 e. The Morgan fingerprint density at radius 2 is 1.67 bits per heavy atom. The standard InChI is InChI=1S/C12H24O3/c1-12(2,3)15-9-8-14-11-6-4-10(13)5-7-11/h10-11,13H,4-9H2,1-3H3. The Labute approximate surface area is 92.8 Å². The molecule has 1 rings (SSSR count). The lowest BCUT2D eigenvalue weighted by Crippen LogP contribution is -2.27. The molecular formula is C12H24O3. The molecule has 3 nitrogen and oxygen atoms in total. The number of hydrogen-bond donors (Lipinski definition) is 1. The van der Waals surface area contributed by atoms with Crippen molar-refractivity contribution in [1.29, 1.82) is 0 Å². The molecule has 3 heteroatoms. The topological polar surface area (TPSA) is 38.7 Å². The summed E-state index contributed by atoms with van der Waals surface area (Å²) in [5.41, 5.74) is -0.0773. The number of ether oxygens (including phenoxy) is 2. The minimum atomic E-state index is -0.101. The van der Waals surface area contributed by atoms with Crippen molar-refractivity contribution in [3.8, 4) is 0 Å². The van der Waals surface area contributed by atoms with Gasteiger partial charge in [0.2, 0.25) is 0 Å². The molecule has 0 spiro atoms. The van der Waals surface area contributed by atoms with Gasteiger partial charge in [-0.05, 0) is 46.5 Å². The van der Waals surface area contributed by atoms with Gasteiger partial charge in [0, 0.05) is 0 Å². The highest BCUT2D eigenvalue weighted by Crippen LogP contribution is 2.20. The average molecular weight is 216 g/mol. The third-order valence-electron chi connectivity index (χ3n) is 2.62. The number of rotatable bonds is 4. The molecule has 0 radical (unpaired) electrons. The molecule has 90 valence electrons. The highest BCUT2D eigenvalue weighted by atomic mass is 16.5. The summed E-state index contributed by atoms with van der Waals surface area (Å²) in [7, 11) is 0. The van der Waals surface area contributed by atoms with Crippen molar-refractivity contribution in [1.82, 2.24) is 0 Å². The van der Waals surface area contributed by atoms with E-state index < -0.39 is 0 Å². The Hall–Kier alpha value is -0.120. The Kier molecular flexibility index (Phi) is 5.03. The van der Waals surface area contributed by atoms with E-state index in [2.05, 4.69) is 0 Å². The van der Waals surface area contributed by atoms with Crippen molar-refractivity contribution < 1.29 is 14.6 Å². The predicted octanol–water partition coefficient (Wildman–Crippen LogP) is 2.12. The van der Waals surface area contributed by atoms with Crippen LogP contribution in [0.4, 0.5) is 0 Å². The molecule has 0 unspecified atom stereocenters. The fourth-order valence-electron chi connectivity index (χ4n) is 1.77. The zero-order valence-electron chi connectivity index (χ0n) is 10.2. The third-order valence-corrected chi connectivity index (χ3v) is 2.62. The van der Waals surface area contributed by atoms with Crippen LogP contribution in [-0.2, 0) is 9.47 Å². The van der Waals surface area contributed by atoms with Crippen LogP contribution < -0.4 is 0 Å². The van der Waals surface area contributed by atoms with Crippen molar-refractivity contribution >= 4 is 0 Å². The summed E-state index contributed by atoms with van der Waals surface area (Å²) in [6, 6.07) is 0. The van der Waals surface area contributed by atoms with Gasteiger partial charge in [0.15, 0.2) is 0 Å². The average Bonchev–Trinajstić information content (AvgIpc) is 2.14.